The molecule has 1 saturated heterocycles. The zero-order chi connectivity index (χ0) is 30.5. The number of carbonyl (C=O) groups is 1. The lowest BCUT2D eigenvalue weighted by atomic mass is 9.66. The Morgan fingerprint density at radius 3 is 1.80 bits per heavy atom. The lowest BCUT2D eigenvalue weighted by Gasteiger charge is -2.54. The summed E-state index contributed by atoms with van der Waals surface area (Å²) in [6.45, 7) is 24.9. The molecular weight excluding hydrogens is 506 g/mol. The van der Waals surface area contributed by atoms with E-state index in [0.717, 1.165) is 62.0 Å². The summed E-state index contributed by atoms with van der Waals surface area (Å²) < 4.78 is 0. The van der Waals surface area contributed by atoms with Crippen LogP contribution in [0.1, 0.15) is 150 Å². The maximum Gasteiger partial charge on any atom is 0.231 e. The number of hydrogen-bond acceptors (Lipinski definition) is 4. The van der Waals surface area contributed by atoms with Crippen LogP contribution in [0.15, 0.2) is 12.1 Å². The largest absolute Gasteiger partial charge is 0.507 e. The van der Waals surface area contributed by atoms with Gasteiger partial charge in [-0.25, -0.2) is 0 Å². The monoisotopic (exact) mass is 567 g/mol. The highest BCUT2D eigenvalue weighted by Crippen LogP contribution is 2.46. The highest BCUT2D eigenvalue weighted by molar-refractivity contribution is 5.89. The topological polar surface area (TPSA) is 64.6 Å². The summed E-state index contributed by atoms with van der Waals surface area (Å²) in [5.74, 6) is 0.549. The minimum Gasteiger partial charge on any atom is -0.507 e. The third kappa shape index (κ3) is 7.15. The molecule has 3 aliphatic rings. The number of nitrogens with one attached hydrogen (secondary N) is 2. The predicted molar refractivity (Wildman–Crippen MR) is 172 cm³/mol. The second kappa shape index (κ2) is 11.2. The first kappa shape index (κ1) is 32.3. The van der Waals surface area contributed by atoms with Gasteiger partial charge in [-0.3, -0.25) is 9.69 Å². The molecule has 3 fully saturated rings. The molecule has 1 aromatic rings. The van der Waals surface area contributed by atoms with Crippen LogP contribution < -0.4 is 10.6 Å². The molecule has 5 heteroatoms. The predicted octanol–water partition coefficient (Wildman–Crippen LogP) is 7.47. The first-order valence-corrected chi connectivity index (χ1v) is 16.5. The molecule has 2 saturated carbocycles. The van der Waals surface area contributed by atoms with E-state index in [4.69, 9.17) is 0 Å². The van der Waals surface area contributed by atoms with Crippen molar-refractivity contribution >= 4 is 5.91 Å². The molecule has 1 heterocycles. The molecule has 1 aliphatic heterocycles. The Morgan fingerprint density at radius 2 is 1.32 bits per heavy atom. The van der Waals surface area contributed by atoms with Gasteiger partial charge >= 0.3 is 0 Å². The van der Waals surface area contributed by atoms with Gasteiger partial charge in [0.25, 0.3) is 0 Å². The molecule has 1 aromatic carbocycles. The van der Waals surface area contributed by atoms with Crippen molar-refractivity contribution < 1.29 is 9.90 Å². The summed E-state index contributed by atoms with van der Waals surface area (Å²) in [5, 5.41) is 19.0. The SMILES string of the molecule is CC(C)(CN1CC(C)(C)NC2(CCCCC2)C1)NC(=O)C1(c2cc(C(C)(C)C)c(O)c(C(C)(C)C)c2)CCCCC1. The van der Waals surface area contributed by atoms with E-state index in [0.29, 0.717) is 5.75 Å². The molecule has 232 valence electrons. The molecule has 5 nitrogen and oxygen atoms in total. The fraction of sp³-hybridized carbons (Fsp3) is 0.806. The molecule has 0 unspecified atom stereocenters. The van der Waals surface area contributed by atoms with Crippen LogP contribution in [0.25, 0.3) is 0 Å². The van der Waals surface area contributed by atoms with Crippen molar-refractivity contribution in [3.63, 3.8) is 0 Å². The summed E-state index contributed by atoms with van der Waals surface area (Å²) >= 11 is 0. The molecule has 4 rings (SSSR count). The van der Waals surface area contributed by atoms with E-state index in [-0.39, 0.29) is 33.4 Å². The fourth-order valence-electron chi connectivity index (χ4n) is 8.35. The van der Waals surface area contributed by atoms with Gasteiger partial charge < -0.3 is 15.7 Å². The number of amides is 1. The lowest BCUT2D eigenvalue weighted by molar-refractivity contribution is -0.130. The molecule has 0 radical (unpaired) electrons. The Balaban J connectivity index is 1.65. The van der Waals surface area contributed by atoms with Crippen molar-refractivity contribution in [2.24, 2.45) is 0 Å². The van der Waals surface area contributed by atoms with E-state index in [1.165, 1.54) is 38.5 Å². The quantitative estimate of drug-likeness (QED) is 0.345. The van der Waals surface area contributed by atoms with Gasteiger partial charge in [0.05, 0.1) is 5.41 Å². The second-order valence-corrected chi connectivity index (χ2v) is 17.4. The van der Waals surface area contributed by atoms with E-state index >= 15 is 0 Å². The van der Waals surface area contributed by atoms with Crippen LogP contribution in [0.4, 0.5) is 0 Å². The molecule has 1 spiro atoms. The Morgan fingerprint density at radius 1 is 0.829 bits per heavy atom. The van der Waals surface area contributed by atoms with Gasteiger partial charge in [-0.05, 0) is 80.9 Å². The highest BCUT2D eigenvalue weighted by Gasteiger charge is 2.47. The van der Waals surface area contributed by atoms with Crippen LogP contribution in [-0.4, -0.2) is 52.2 Å². The molecule has 0 bridgehead atoms. The van der Waals surface area contributed by atoms with E-state index in [1.807, 2.05) is 0 Å². The Bertz CT molecular complexity index is 1060. The normalized spacial score (nSPS) is 23.4. The number of carbonyl (C=O) groups excluding carboxylic acids is 1. The van der Waals surface area contributed by atoms with Crippen molar-refractivity contribution in [2.45, 2.75) is 166 Å². The zero-order valence-electron chi connectivity index (χ0n) is 28.1. The maximum absolute atomic E-state index is 14.6. The molecular formula is C36H61N3O2. The minimum absolute atomic E-state index is 0.0546. The van der Waals surface area contributed by atoms with Crippen molar-refractivity contribution in [3.8, 4) is 5.75 Å². The number of hydrogen-bond donors (Lipinski definition) is 3. The number of benzene rings is 1. The van der Waals surface area contributed by atoms with Gasteiger partial charge in [-0.15, -0.1) is 0 Å². The highest BCUT2D eigenvalue weighted by atomic mass is 16.3. The van der Waals surface area contributed by atoms with Gasteiger partial charge in [0.1, 0.15) is 5.75 Å². The van der Waals surface area contributed by atoms with Gasteiger partial charge in [0.15, 0.2) is 0 Å². The third-order valence-electron chi connectivity index (χ3n) is 10.1. The first-order valence-electron chi connectivity index (χ1n) is 16.5. The van der Waals surface area contributed by atoms with Crippen molar-refractivity contribution in [1.82, 2.24) is 15.5 Å². The van der Waals surface area contributed by atoms with E-state index in [2.05, 4.69) is 96.9 Å². The lowest BCUT2D eigenvalue weighted by Crippen LogP contribution is -2.71. The van der Waals surface area contributed by atoms with Crippen molar-refractivity contribution in [3.05, 3.63) is 28.8 Å². The van der Waals surface area contributed by atoms with E-state index in [9.17, 15) is 9.90 Å². The number of aromatic hydroxyl groups is 1. The summed E-state index contributed by atoms with van der Waals surface area (Å²) in [6.07, 6.45) is 11.4. The van der Waals surface area contributed by atoms with E-state index in [1.54, 1.807) is 0 Å². The zero-order valence-corrected chi connectivity index (χ0v) is 28.1. The summed E-state index contributed by atoms with van der Waals surface area (Å²) in [4.78, 5) is 17.2. The number of phenolic OH excluding ortho intramolecular Hbond substituents is 1. The Hall–Kier alpha value is -1.59. The van der Waals surface area contributed by atoms with E-state index < -0.39 is 5.41 Å². The standard InChI is InChI=1S/C36H61N3O2/c1-31(2,3)27-21-26(22-28(29(27)40)32(4,5)6)36(19-15-12-16-20-36)30(41)37-33(7,8)23-39-24-34(9,10)38-35(25-39)17-13-11-14-18-35/h21-22,38,40H,11-20,23-25H2,1-10H3,(H,37,41). The number of piperazine rings is 1. The van der Waals surface area contributed by atoms with Crippen LogP contribution in [0.3, 0.4) is 0 Å². The average Bonchev–Trinajstić information content (AvgIpc) is 2.81. The Labute approximate surface area is 251 Å². The van der Waals surface area contributed by atoms with Crippen LogP contribution in [-0.2, 0) is 21.0 Å². The first-order chi connectivity index (χ1) is 18.8. The van der Waals surface area contributed by atoms with Crippen molar-refractivity contribution in [2.75, 3.05) is 19.6 Å². The van der Waals surface area contributed by atoms with Crippen LogP contribution in [0.2, 0.25) is 0 Å². The van der Waals surface area contributed by atoms with Crippen LogP contribution in [0.5, 0.6) is 5.75 Å². The van der Waals surface area contributed by atoms with Crippen LogP contribution in [0, 0.1) is 0 Å². The number of rotatable bonds is 5. The number of phenols is 1. The van der Waals surface area contributed by atoms with Crippen LogP contribution >= 0.6 is 0 Å². The molecule has 0 atom stereocenters. The third-order valence-corrected chi connectivity index (χ3v) is 10.1. The summed E-state index contributed by atoms with van der Waals surface area (Å²) in [5.41, 5.74) is 1.84. The summed E-state index contributed by atoms with van der Waals surface area (Å²) in [7, 11) is 0. The smallest absolute Gasteiger partial charge is 0.231 e. The minimum atomic E-state index is -0.573. The van der Waals surface area contributed by atoms with Crippen molar-refractivity contribution in [1.29, 1.82) is 0 Å². The summed E-state index contributed by atoms with van der Waals surface area (Å²) in [6, 6.07) is 4.32. The molecule has 1 amide bonds. The van der Waals surface area contributed by atoms with Gasteiger partial charge in [-0.1, -0.05) is 92.2 Å². The molecule has 3 N–H and O–H groups in total. The molecule has 0 aromatic heterocycles. The van der Waals surface area contributed by atoms with Gasteiger partial charge in [0, 0.05) is 36.3 Å². The fourth-order valence-corrected chi connectivity index (χ4v) is 8.35. The molecule has 41 heavy (non-hydrogen) atoms. The average molecular weight is 568 g/mol. The maximum atomic E-state index is 14.6. The van der Waals surface area contributed by atoms with Gasteiger partial charge in [-0.2, -0.15) is 0 Å². The van der Waals surface area contributed by atoms with Gasteiger partial charge in [0.2, 0.25) is 5.91 Å². The molecule has 2 aliphatic carbocycles. The second-order valence-electron chi connectivity index (χ2n) is 17.4. The Kier molecular flexibility index (Phi) is 8.80. The number of nitrogens with zero attached hydrogens (tertiary/aromatic N) is 1.